The highest BCUT2D eigenvalue weighted by Crippen LogP contribution is 2.29. The van der Waals surface area contributed by atoms with Gasteiger partial charge < -0.3 is 9.63 Å². The standard InChI is InChI=1S/C10H11BrN2O2S/c11-8-5-4-7(16-8)10-12-9(15-13-10)3-1-2-6-14/h4-5,14H,1-3,6H2. The van der Waals surface area contributed by atoms with Gasteiger partial charge in [0.25, 0.3) is 0 Å². The average Bonchev–Trinajstić information content (AvgIpc) is 2.87. The molecule has 0 aliphatic carbocycles. The second-order valence-electron chi connectivity index (χ2n) is 3.30. The van der Waals surface area contributed by atoms with Crippen molar-refractivity contribution in [3.8, 4) is 10.7 Å². The second kappa shape index (κ2) is 5.56. The van der Waals surface area contributed by atoms with Crippen LogP contribution in [0.2, 0.25) is 0 Å². The summed E-state index contributed by atoms with van der Waals surface area (Å²) in [5.41, 5.74) is 0. The van der Waals surface area contributed by atoms with Crippen LogP contribution < -0.4 is 0 Å². The summed E-state index contributed by atoms with van der Waals surface area (Å²) >= 11 is 4.97. The van der Waals surface area contributed by atoms with E-state index in [0.717, 1.165) is 27.9 Å². The maximum absolute atomic E-state index is 8.66. The lowest BCUT2D eigenvalue weighted by atomic mass is 10.2. The van der Waals surface area contributed by atoms with Crippen molar-refractivity contribution in [3.63, 3.8) is 0 Å². The Balaban J connectivity index is 2.02. The lowest BCUT2D eigenvalue weighted by molar-refractivity contribution is 0.281. The number of thiophene rings is 1. The molecule has 0 aliphatic heterocycles. The van der Waals surface area contributed by atoms with Crippen LogP contribution >= 0.6 is 27.3 Å². The first kappa shape index (κ1) is 11.8. The van der Waals surface area contributed by atoms with Gasteiger partial charge in [-0.05, 0) is 40.9 Å². The lowest BCUT2D eigenvalue weighted by Crippen LogP contribution is -1.88. The highest BCUT2D eigenvalue weighted by molar-refractivity contribution is 9.11. The summed E-state index contributed by atoms with van der Waals surface area (Å²) in [5, 5.41) is 12.6. The van der Waals surface area contributed by atoms with Gasteiger partial charge in [-0.15, -0.1) is 11.3 Å². The van der Waals surface area contributed by atoms with Crippen LogP contribution in [0.5, 0.6) is 0 Å². The minimum Gasteiger partial charge on any atom is -0.396 e. The number of aryl methyl sites for hydroxylation is 1. The topological polar surface area (TPSA) is 59.2 Å². The van der Waals surface area contributed by atoms with Gasteiger partial charge in [-0.25, -0.2) is 0 Å². The van der Waals surface area contributed by atoms with E-state index in [2.05, 4.69) is 26.1 Å². The number of halogens is 1. The number of aliphatic hydroxyl groups excluding tert-OH is 1. The summed E-state index contributed by atoms with van der Waals surface area (Å²) in [5.74, 6) is 1.27. The molecule has 0 spiro atoms. The molecule has 0 aliphatic rings. The normalized spacial score (nSPS) is 10.9. The van der Waals surface area contributed by atoms with E-state index in [9.17, 15) is 0 Å². The minimum absolute atomic E-state index is 0.207. The fourth-order valence-electron chi connectivity index (χ4n) is 1.28. The molecule has 2 aromatic rings. The lowest BCUT2D eigenvalue weighted by Gasteiger charge is -1.90. The van der Waals surface area contributed by atoms with E-state index in [4.69, 9.17) is 9.63 Å². The van der Waals surface area contributed by atoms with Crippen LogP contribution in [-0.4, -0.2) is 21.9 Å². The molecule has 16 heavy (non-hydrogen) atoms. The monoisotopic (exact) mass is 302 g/mol. The van der Waals surface area contributed by atoms with Crippen LogP contribution in [0.25, 0.3) is 10.7 Å². The van der Waals surface area contributed by atoms with Gasteiger partial charge in [0.15, 0.2) is 0 Å². The molecular formula is C10H11BrN2O2S. The molecule has 6 heteroatoms. The third kappa shape index (κ3) is 2.90. The van der Waals surface area contributed by atoms with Gasteiger partial charge in [-0.2, -0.15) is 4.98 Å². The molecule has 86 valence electrons. The Labute approximate surface area is 105 Å². The first-order valence-electron chi connectivity index (χ1n) is 4.99. The highest BCUT2D eigenvalue weighted by Gasteiger charge is 2.09. The fraction of sp³-hybridized carbons (Fsp3) is 0.400. The number of rotatable bonds is 5. The Morgan fingerprint density at radius 2 is 2.25 bits per heavy atom. The summed E-state index contributed by atoms with van der Waals surface area (Å²) < 4.78 is 6.17. The van der Waals surface area contributed by atoms with Gasteiger partial charge in [-0.3, -0.25) is 0 Å². The number of hydrogen-bond acceptors (Lipinski definition) is 5. The van der Waals surface area contributed by atoms with Crippen LogP contribution in [0.1, 0.15) is 18.7 Å². The summed E-state index contributed by atoms with van der Waals surface area (Å²) in [6.45, 7) is 0.207. The molecule has 2 aromatic heterocycles. The Hall–Kier alpha value is -0.720. The number of aliphatic hydroxyl groups is 1. The number of hydrogen-bond donors (Lipinski definition) is 1. The smallest absolute Gasteiger partial charge is 0.226 e. The molecule has 0 saturated carbocycles. The van der Waals surface area contributed by atoms with Gasteiger partial charge in [0, 0.05) is 13.0 Å². The zero-order valence-corrected chi connectivity index (χ0v) is 10.9. The zero-order valence-electron chi connectivity index (χ0n) is 8.52. The van der Waals surface area contributed by atoms with Gasteiger partial charge >= 0.3 is 0 Å². The predicted octanol–water partition coefficient (Wildman–Crippen LogP) is 2.88. The van der Waals surface area contributed by atoms with Crippen molar-refractivity contribution >= 4 is 27.3 Å². The minimum atomic E-state index is 0.207. The molecule has 0 bridgehead atoms. The fourth-order valence-corrected chi connectivity index (χ4v) is 2.59. The Bertz CT molecular complexity index is 455. The van der Waals surface area contributed by atoms with Crippen LogP contribution in [-0.2, 0) is 6.42 Å². The van der Waals surface area contributed by atoms with Crippen molar-refractivity contribution in [3.05, 3.63) is 21.8 Å². The van der Waals surface area contributed by atoms with E-state index in [-0.39, 0.29) is 6.61 Å². The van der Waals surface area contributed by atoms with E-state index < -0.39 is 0 Å². The van der Waals surface area contributed by atoms with Crippen LogP contribution in [0.4, 0.5) is 0 Å². The molecule has 0 unspecified atom stereocenters. The van der Waals surface area contributed by atoms with Crippen LogP contribution in [0, 0.1) is 0 Å². The van der Waals surface area contributed by atoms with Gasteiger partial charge in [-0.1, -0.05) is 5.16 Å². The van der Waals surface area contributed by atoms with Crippen molar-refractivity contribution < 1.29 is 9.63 Å². The summed E-state index contributed by atoms with van der Waals surface area (Å²) in [4.78, 5) is 5.29. The first-order chi connectivity index (χ1) is 7.79. The summed E-state index contributed by atoms with van der Waals surface area (Å²) in [7, 11) is 0. The molecule has 2 rings (SSSR count). The Kier molecular flexibility index (Phi) is 4.09. The average molecular weight is 303 g/mol. The second-order valence-corrected chi connectivity index (χ2v) is 5.76. The van der Waals surface area contributed by atoms with Gasteiger partial charge in [0.05, 0.1) is 8.66 Å². The zero-order chi connectivity index (χ0) is 11.4. The quantitative estimate of drug-likeness (QED) is 0.863. The predicted molar refractivity (Wildman–Crippen MR) is 65.3 cm³/mol. The molecule has 1 N–H and O–H groups in total. The van der Waals surface area contributed by atoms with E-state index in [1.165, 1.54) is 0 Å². The van der Waals surface area contributed by atoms with Crippen molar-refractivity contribution in [1.82, 2.24) is 10.1 Å². The van der Waals surface area contributed by atoms with E-state index in [1.54, 1.807) is 11.3 Å². The largest absolute Gasteiger partial charge is 0.396 e. The number of unbranched alkanes of at least 4 members (excludes halogenated alkanes) is 1. The van der Waals surface area contributed by atoms with Gasteiger partial charge in [0.2, 0.25) is 11.7 Å². The summed E-state index contributed by atoms with van der Waals surface area (Å²) in [6, 6.07) is 3.92. The third-order valence-electron chi connectivity index (χ3n) is 2.06. The van der Waals surface area contributed by atoms with Crippen molar-refractivity contribution in [1.29, 1.82) is 0 Å². The third-order valence-corrected chi connectivity index (χ3v) is 3.68. The molecule has 4 nitrogen and oxygen atoms in total. The van der Waals surface area contributed by atoms with Crippen molar-refractivity contribution in [2.24, 2.45) is 0 Å². The molecule has 0 amide bonds. The van der Waals surface area contributed by atoms with E-state index >= 15 is 0 Å². The molecule has 0 atom stereocenters. The van der Waals surface area contributed by atoms with Gasteiger partial charge in [0.1, 0.15) is 0 Å². The highest BCUT2D eigenvalue weighted by atomic mass is 79.9. The van der Waals surface area contributed by atoms with E-state index in [1.807, 2.05) is 12.1 Å². The SMILES string of the molecule is OCCCCc1nc(-c2ccc(Br)s2)no1. The van der Waals surface area contributed by atoms with E-state index in [0.29, 0.717) is 11.7 Å². The molecule has 0 fully saturated rings. The first-order valence-corrected chi connectivity index (χ1v) is 6.59. The van der Waals surface area contributed by atoms with Crippen molar-refractivity contribution in [2.45, 2.75) is 19.3 Å². The maximum atomic E-state index is 8.66. The number of aromatic nitrogens is 2. The molecule has 0 aromatic carbocycles. The molecular weight excluding hydrogens is 292 g/mol. The molecule has 0 saturated heterocycles. The van der Waals surface area contributed by atoms with Crippen LogP contribution in [0.3, 0.4) is 0 Å². The Morgan fingerprint density at radius 3 is 2.94 bits per heavy atom. The summed E-state index contributed by atoms with van der Waals surface area (Å²) in [6.07, 6.45) is 2.36. The molecule has 0 radical (unpaired) electrons. The van der Waals surface area contributed by atoms with Crippen LogP contribution in [0.15, 0.2) is 20.4 Å². The maximum Gasteiger partial charge on any atom is 0.226 e. The van der Waals surface area contributed by atoms with Crippen molar-refractivity contribution in [2.75, 3.05) is 6.61 Å². The number of nitrogens with zero attached hydrogens (tertiary/aromatic N) is 2. The molecule has 2 heterocycles. The Morgan fingerprint density at radius 1 is 1.38 bits per heavy atom.